The molecular weight excluding hydrogens is 240 g/mol. The molecule has 0 aromatic heterocycles. The van der Waals surface area contributed by atoms with Gasteiger partial charge in [-0.25, -0.2) is 0 Å². The number of hydrogen-bond acceptors (Lipinski definition) is 1. The van der Waals surface area contributed by atoms with Crippen molar-refractivity contribution in [2.45, 2.75) is 65.3 Å². The molecule has 0 fully saturated rings. The third-order valence-corrected chi connectivity index (χ3v) is 4.16. The van der Waals surface area contributed by atoms with Crippen molar-refractivity contribution in [1.82, 2.24) is 10.6 Å². The first-order valence-electron chi connectivity index (χ1n) is 7.17. The number of nitrogens with one attached hydrogen (secondary N) is 2. The Labute approximate surface area is 118 Å². The first kappa shape index (κ1) is 15.5. The molecule has 0 unspecified atom stereocenters. The second-order valence-electron chi connectivity index (χ2n) is 5.98. The van der Waals surface area contributed by atoms with Crippen LogP contribution < -0.4 is 10.6 Å². The van der Waals surface area contributed by atoms with Gasteiger partial charge < -0.3 is 10.6 Å². The summed E-state index contributed by atoms with van der Waals surface area (Å²) in [7, 11) is 0. The molecule has 2 nitrogen and oxygen atoms in total. The molecule has 0 aliphatic heterocycles. The smallest absolute Gasteiger partial charge is 0.166 e. The predicted octanol–water partition coefficient (Wildman–Crippen LogP) is 3.78. The molecule has 0 heterocycles. The molecule has 0 aromatic carbocycles. The largest absolute Gasteiger partial charge is 0.363 e. The molecular formula is C15H28N2S. The van der Waals surface area contributed by atoms with Crippen molar-refractivity contribution >= 4 is 17.3 Å². The number of rotatable bonds is 5. The van der Waals surface area contributed by atoms with Crippen molar-refractivity contribution in [1.29, 1.82) is 0 Å². The molecule has 0 saturated heterocycles. The quantitative estimate of drug-likeness (QED) is 0.451. The van der Waals surface area contributed by atoms with Gasteiger partial charge in [0.1, 0.15) is 0 Å². The Morgan fingerprint density at radius 1 is 1.50 bits per heavy atom. The van der Waals surface area contributed by atoms with E-state index in [1.165, 1.54) is 37.7 Å². The van der Waals surface area contributed by atoms with E-state index in [4.69, 9.17) is 12.2 Å². The van der Waals surface area contributed by atoms with Crippen molar-refractivity contribution in [2.75, 3.05) is 6.54 Å². The summed E-state index contributed by atoms with van der Waals surface area (Å²) < 4.78 is 0. The van der Waals surface area contributed by atoms with E-state index in [1.54, 1.807) is 0 Å². The highest BCUT2D eigenvalue weighted by atomic mass is 32.1. The lowest BCUT2D eigenvalue weighted by Gasteiger charge is -2.38. The van der Waals surface area contributed by atoms with Crippen molar-refractivity contribution in [3.8, 4) is 0 Å². The van der Waals surface area contributed by atoms with Gasteiger partial charge in [0.15, 0.2) is 5.11 Å². The number of allylic oxidation sites excluding steroid dienone is 2. The lowest BCUT2D eigenvalue weighted by molar-refractivity contribution is 0.265. The van der Waals surface area contributed by atoms with E-state index in [2.05, 4.69) is 44.4 Å². The van der Waals surface area contributed by atoms with Gasteiger partial charge in [-0.1, -0.05) is 25.0 Å². The molecule has 104 valence electrons. The molecule has 1 aliphatic carbocycles. The highest BCUT2D eigenvalue weighted by molar-refractivity contribution is 7.80. The van der Waals surface area contributed by atoms with Crippen molar-refractivity contribution in [3.05, 3.63) is 11.6 Å². The second-order valence-corrected chi connectivity index (χ2v) is 6.39. The summed E-state index contributed by atoms with van der Waals surface area (Å²) in [6, 6.07) is 0. The maximum absolute atomic E-state index is 5.37. The first-order chi connectivity index (χ1) is 8.45. The fraction of sp³-hybridized carbons (Fsp3) is 0.800. The summed E-state index contributed by atoms with van der Waals surface area (Å²) in [6.07, 6.45) is 8.42. The Kier molecular flexibility index (Phi) is 6.13. The molecule has 0 radical (unpaired) electrons. The molecule has 0 saturated carbocycles. The Balaban J connectivity index is 2.41. The third kappa shape index (κ3) is 4.97. The van der Waals surface area contributed by atoms with E-state index in [0.717, 1.165) is 11.7 Å². The van der Waals surface area contributed by atoms with E-state index in [0.29, 0.717) is 5.92 Å². The van der Waals surface area contributed by atoms with E-state index < -0.39 is 0 Å². The van der Waals surface area contributed by atoms with Crippen LogP contribution in [0.4, 0.5) is 0 Å². The Morgan fingerprint density at radius 3 is 2.78 bits per heavy atom. The minimum atomic E-state index is 0.0769. The monoisotopic (exact) mass is 268 g/mol. The Bertz CT molecular complexity index is 308. The van der Waals surface area contributed by atoms with Gasteiger partial charge in [0.05, 0.1) is 0 Å². The highest BCUT2D eigenvalue weighted by Gasteiger charge is 2.30. The molecule has 1 atom stereocenters. The van der Waals surface area contributed by atoms with E-state index >= 15 is 0 Å². The molecule has 3 heteroatoms. The molecule has 2 N–H and O–H groups in total. The van der Waals surface area contributed by atoms with E-state index in [-0.39, 0.29) is 5.54 Å². The van der Waals surface area contributed by atoms with Gasteiger partial charge in [0.2, 0.25) is 0 Å². The lowest BCUT2D eigenvalue weighted by atomic mass is 9.77. The molecule has 0 bridgehead atoms. The fourth-order valence-corrected chi connectivity index (χ4v) is 2.80. The number of unbranched alkanes of at least 4 members (excludes halogenated alkanes) is 1. The zero-order valence-corrected chi connectivity index (χ0v) is 13.1. The first-order valence-corrected chi connectivity index (χ1v) is 7.58. The highest BCUT2D eigenvalue weighted by Crippen LogP contribution is 2.31. The summed E-state index contributed by atoms with van der Waals surface area (Å²) in [5.74, 6) is 0.673. The topological polar surface area (TPSA) is 24.1 Å². The van der Waals surface area contributed by atoms with Gasteiger partial charge in [-0.15, -0.1) is 0 Å². The normalized spacial score (nSPS) is 20.2. The van der Waals surface area contributed by atoms with Gasteiger partial charge in [0, 0.05) is 12.1 Å². The van der Waals surface area contributed by atoms with Crippen LogP contribution in [0.3, 0.4) is 0 Å². The molecule has 18 heavy (non-hydrogen) atoms. The van der Waals surface area contributed by atoms with E-state index in [1.807, 2.05) is 0 Å². The summed E-state index contributed by atoms with van der Waals surface area (Å²) in [5, 5.41) is 7.59. The maximum atomic E-state index is 5.37. The van der Waals surface area contributed by atoms with Crippen LogP contribution in [0.15, 0.2) is 11.6 Å². The molecule has 1 aliphatic rings. The standard InChI is InChI=1S/C15H28N2S/c1-5-6-11-16-14(18)17-15(3,4)13-9-7-12(2)8-10-13/h7,13H,5-6,8-11H2,1-4H3,(H2,16,17,18)/t13-/m0/s1. The zero-order valence-electron chi connectivity index (χ0n) is 12.3. The molecule has 1 rings (SSSR count). The van der Waals surface area contributed by atoms with Gasteiger partial charge in [-0.3, -0.25) is 0 Å². The second kappa shape index (κ2) is 7.13. The van der Waals surface area contributed by atoms with Gasteiger partial charge in [-0.05, 0) is 64.6 Å². The van der Waals surface area contributed by atoms with Crippen molar-refractivity contribution < 1.29 is 0 Å². The van der Waals surface area contributed by atoms with E-state index in [9.17, 15) is 0 Å². The number of hydrogen-bond donors (Lipinski definition) is 2. The zero-order chi connectivity index (χ0) is 13.6. The molecule has 0 spiro atoms. The third-order valence-electron chi connectivity index (χ3n) is 3.91. The average Bonchev–Trinajstić information content (AvgIpc) is 2.29. The van der Waals surface area contributed by atoms with Crippen LogP contribution in [0, 0.1) is 5.92 Å². The molecule has 0 aromatic rings. The fourth-order valence-electron chi connectivity index (χ4n) is 2.44. The minimum absolute atomic E-state index is 0.0769. The van der Waals surface area contributed by atoms with Crippen molar-refractivity contribution in [3.63, 3.8) is 0 Å². The van der Waals surface area contributed by atoms with Crippen LogP contribution in [-0.2, 0) is 0 Å². The Morgan fingerprint density at radius 2 is 2.22 bits per heavy atom. The van der Waals surface area contributed by atoms with Crippen LogP contribution in [-0.4, -0.2) is 17.2 Å². The summed E-state index contributed by atoms with van der Waals surface area (Å²) in [4.78, 5) is 0. The summed E-state index contributed by atoms with van der Waals surface area (Å²) in [6.45, 7) is 9.92. The summed E-state index contributed by atoms with van der Waals surface area (Å²) >= 11 is 5.37. The average molecular weight is 268 g/mol. The summed E-state index contributed by atoms with van der Waals surface area (Å²) in [5.41, 5.74) is 1.61. The predicted molar refractivity (Wildman–Crippen MR) is 83.8 cm³/mol. The van der Waals surface area contributed by atoms with Gasteiger partial charge in [0.25, 0.3) is 0 Å². The van der Waals surface area contributed by atoms with Gasteiger partial charge in [-0.2, -0.15) is 0 Å². The minimum Gasteiger partial charge on any atom is -0.363 e. The van der Waals surface area contributed by atoms with Crippen LogP contribution in [0.2, 0.25) is 0 Å². The lowest BCUT2D eigenvalue weighted by Crippen LogP contribution is -2.52. The molecule has 0 amide bonds. The van der Waals surface area contributed by atoms with Crippen LogP contribution in [0.1, 0.15) is 59.8 Å². The van der Waals surface area contributed by atoms with Crippen LogP contribution in [0.5, 0.6) is 0 Å². The van der Waals surface area contributed by atoms with Crippen LogP contribution in [0.25, 0.3) is 0 Å². The Hall–Kier alpha value is -0.570. The SMILES string of the molecule is CCCCNC(=S)NC(C)(C)[C@H]1CC=C(C)CC1. The van der Waals surface area contributed by atoms with Crippen molar-refractivity contribution in [2.24, 2.45) is 5.92 Å². The maximum Gasteiger partial charge on any atom is 0.166 e. The van der Waals surface area contributed by atoms with Gasteiger partial charge >= 0.3 is 0 Å². The number of thiocarbonyl (C=S) groups is 1. The van der Waals surface area contributed by atoms with Crippen LogP contribution >= 0.6 is 12.2 Å².